The summed E-state index contributed by atoms with van der Waals surface area (Å²) in [6.07, 6.45) is 0.477. The molecule has 16 heavy (non-hydrogen) atoms. The van der Waals surface area contributed by atoms with E-state index in [0.29, 0.717) is 22.8 Å². The summed E-state index contributed by atoms with van der Waals surface area (Å²) in [5.41, 5.74) is 6.26. The molecule has 0 spiro atoms. The zero-order chi connectivity index (χ0) is 12.3. The first-order valence-electron chi connectivity index (χ1n) is 4.89. The first kappa shape index (κ1) is 12.9. The van der Waals surface area contributed by atoms with Gasteiger partial charge in [0.1, 0.15) is 0 Å². The summed E-state index contributed by atoms with van der Waals surface area (Å²) in [5.74, 6) is 0.671. The van der Waals surface area contributed by atoms with E-state index in [9.17, 15) is 5.11 Å². The molecule has 1 atom stereocenters. The van der Waals surface area contributed by atoms with Gasteiger partial charge in [-0.15, -0.1) is 0 Å². The van der Waals surface area contributed by atoms with Crippen molar-refractivity contribution >= 4 is 11.6 Å². The molecule has 0 bridgehead atoms. The first-order valence-corrected chi connectivity index (χ1v) is 5.27. The SMILES string of the molecule is COc1cc(Cl)c(CC(C)N)c(O)c1OC. The average Bonchev–Trinajstić information content (AvgIpc) is 2.23. The third kappa shape index (κ3) is 2.51. The van der Waals surface area contributed by atoms with Crippen molar-refractivity contribution in [2.75, 3.05) is 14.2 Å². The highest BCUT2D eigenvalue weighted by Crippen LogP contribution is 2.43. The monoisotopic (exact) mass is 245 g/mol. The van der Waals surface area contributed by atoms with Crippen LogP contribution in [0.2, 0.25) is 5.02 Å². The molecule has 0 heterocycles. The van der Waals surface area contributed by atoms with Crippen LogP contribution in [0.15, 0.2) is 6.07 Å². The summed E-state index contributed by atoms with van der Waals surface area (Å²) in [4.78, 5) is 0. The second kappa shape index (κ2) is 5.27. The molecular weight excluding hydrogens is 230 g/mol. The van der Waals surface area contributed by atoms with Gasteiger partial charge in [-0.3, -0.25) is 0 Å². The van der Waals surface area contributed by atoms with E-state index in [-0.39, 0.29) is 17.5 Å². The van der Waals surface area contributed by atoms with E-state index in [2.05, 4.69) is 0 Å². The molecule has 0 fully saturated rings. The van der Waals surface area contributed by atoms with Crippen LogP contribution in [0.4, 0.5) is 0 Å². The molecular formula is C11H16ClNO3. The smallest absolute Gasteiger partial charge is 0.203 e. The van der Waals surface area contributed by atoms with E-state index in [0.717, 1.165) is 0 Å². The summed E-state index contributed by atoms with van der Waals surface area (Å²) in [6.45, 7) is 1.84. The van der Waals surface area contributed by atoms with Gasteiger partial charge in [-0.1, -0.05) is 11.6 Å². The maximum Gasteiger partial charge on any atom is 0.203 e. The highest BCUT2D eigenvalue weighted by atomic mass is 35.5. The quantitative estimate of drug-likeness (QED) is 0.851. The van der Waals surface area contributed by atoms with Gasteiger partial charge in [-0.25, -0.2) is 0 Å². The lowest BCUT2D eigenvalue weighted by molar-refractivity contribution is 0.331. The van der Waals surface area contributed by atoms with Crippen molar-refractivity contribution < 1.29 is 14.6 Å². The number of rotatable bonds is 4. The number of nitrogens with two attached hydrogens (primary N) is 1. The molecule has 0 saturated carbocycles. The Balaban J connectivity index is 3.29. The molecule has 1 unspecified atom stereocenters. The molecule has 1 aromatic carbocycles. The van der Waals surface area contributed by atoms with Crippen LogP contribution in [0.3, 0.4) is 0 Å². The van der Waals surface area contributed by atoms with Crippen LogP contribution in [-0.4, -0.2) is 25.4 Å². The van der Waals surface area contributed by atoms with Crippen LogP contribution in [0.25, 0.3) is 0 Å². The van der Waals surface area contributed by atoms with Crippen molar-refractivity contribution in [3.63, 3.8) is 0 Å². The number of phenols is 1. The molecule has 90 valence electrons. The topological polar surface area (TPSA) is 64.7 Å². The number of benzene rings is 1. The largest absolute Gasteiger partial charge is 0.504 e. The maximum atomic E-state index is 9.99. The highest BCUT2D eigenvalue weighted by Gasteiger charge is 2.18. The minimum absolute atomic E-state index is 0.0100. The summed E-state index contributed by atoms with van der Waals surface area (Å²) in [7, 11) is 2.94. The molecule has 0 aromatic heterocycles. The fraction of sp³-hybridized carbons (Fsp3) is 0.455. The van der Waals surface area contributed by atoms with Crippen molar-refractivity contribution in [2.24, 2.45) is 5.73 Å². The molecule has 0 aliphatic heterocycles. The van der Waals surface area contributed by atoms with Gasteiger partial charge in [0.15, 0.2) is 11.5 Å². The summed E-state index contributed by atoms with van der Waals surface area (Å²) in [5, 5.41) is 10.4. The predicted molar refractivity (Wildman–Crippen MR) is 63.6 cm³/mol. The maximum absolute atomic E-state index is 9.99. The Kier molecular flexibility index (Phi) is 4.26. The van der Waals surface area contributed by atoms with Crippen LogP contribution in [-0.2, 0) is 6.42 Å². The van der Waals surface area contributed by atoms with E-state index >= 15 is 0 Å². The molecule has 4 nitrogen and oxygen atoms in total. The van der Waals surface area contributed by atoms with Gasteiger partial charge in [0.05, 0.1) is 19.2 Å². The van der Waals surface area contributed by atoms with E-state index in [1.165, 1.54) is 14.2 Å². The highest BCUT2D eigenvalue weighted by molar-refractivity contribution is 6.31. The zero-order valence-electron chi connectivity index (χ0n) is 9.58. The Labute approximate surface area is 99.9 Å². The molecule has 1 aromatic rings. The second-order valence-corrected chi connectivity index (χ2v) is 4.01. The predicted octanol–water partition coefficient (Wildman–Crippen LogP) is 1.95. The van der Waals surface area contributed by atoms with Gasteiger partial charge < -0.3 is 20.3 Å². The van der Waals surface area contributed by atoms with Crippen molar-refractivity contribution in [1.82, 2.24) is 0 Å². The van der Waals surface area contributed by atoms with E-state index in [1.54, 1.807) is 6.07 Å². The molecule has 0 amide bonds. The summed E-state index contributed by atoms with van der Waals surface area (Å²) >= 11 is 6.04. The number of methoxy groups -OCH3 is 2. The first-order chi connectivity index (χ1) is 7.51. The standard InChI is InChI=1S/C11H16ClNO3/c1-6(13)4-7-8(12)5-9(15-2)11(16-3)10(7)14/h5-6,14H,4,13H2,1-3H3. The number of ether oxygens (including phenoxy) is 2. The van der Waals surface area contributed by atoms with Crippen LogP contribution in [0.1, 0.15) is 12.5 Å². The van der Waals surface area contributed by atoms with Gasteiger partial charge in [-0.05, 0) is 13.3 Å². The van der Waals surface area contributed by atoms with Gasteiger partial charge in [0.25, 0.3) is 0 Å². The molecule has 0 saturated heterocycles. The minimum Gasteiger partial charge on any atom is -0.504 e. The lowest BCUT2D eigenvalue weighted by Crippen LogP contribution is -2.18. The van der Waals surface area contributed by atoms with E-state index < -0.39 is 0 Å². The van der Waals surface area contributed by atoms with Gasteiger partial charge in [0, 0.05) is 17.7 Å². The summed E-state index contributed by atoms with van der Waals surface area (Å²) < 4.78 is 10.1. The number of hydrogen-bond acceptors (Lipinski definition) is 4. The second-order valence-electron chi connectivity index (χ2n) is 3.60. The van der Waals surface area contributed by atoms with E-state index in [1.807, 2.05) is 6.92 Å². The van der Waals surface area contributed by atoms with Crippen LogP contribution in [0, 0.1) is 0 Å². The molecule has 0 aliphatic rings. The Morgan fingerprint density at radius 2 is 2.06 bits per heavy atom. The van der Waals surface area contributed by atoms with Crippen molar-refractivity contribution in [3.05, 3.63) is 16.7 Å². The van der Waals surface area contributed by atoms with Crippen LogP contribution >= 0.6 is 11.6 Å². The zero-order valence-corrected chi connectivity index (χ0v) is 10.3. The molecule has 5 heteroatoms. The number of hydrogen-bond donors (Lipinski definition) is 2. The van der Waals surface area contributed by atoms with Gasteiger partial charge in [-0.2, -0.15) is 0 Å². The van der Waals surface area contributed by atoms with Crippen molar-refractivity contribution in [3.8, 4) is 17.2 Å². The lowest BCUT2D eigenvalue weighted by atomic mass is 10.1. The third-order valence-corrected chi connectivity index (χ3v) is 2.56. The Hall–Kier alpha value is -1.13. The van der Waals surface area contributed by atoms with Crippen LogP contribution in [0.5, 0.6) is 17.2 Å². The number of aromatic hydroxyl groups is 1. The van der Waals surface area contributed by atoms with E-state index in [4.69, 9.17) is 26.8 Å². The molecule has 0 radical (unpaired) electrons. The number of phenolic OH excluding ortho intramolecular Hbond substituents is 1. The third-order valence-electron chi connectivity index (χ3n) is 2.22. The van der Waals surface area contributed by atoms with Gasteiger partial charge >= 0.3 is 0 Å². The normalized spacial score (nSPS) is 12.3. The summed E-state index contributed by atoms with van der Waals surface area (Å²) in [6, 6.07) is 1.51. The fourth-order valence-corrected chi connectivity index (χ4v) is 1.77. The molecule has 0 aliphatic carbocycles. The lowest BCUT2D eigenvalue weighted by Gasteiger charge is -2.15. The molecule has 1 rings (SSSR count). The number of halogens is 1. The Bertz CT molecular complexity index is 380. The fourth-order valence-electron chi connectivity index (χ4n) is 1.50. The Morgan fingerprint density at radius 3 is 2.50 bits per heavy atom. The van der Waals surface area contributed by atoms with Crippen LogP contribution < -0.4 is 15.2 Å². The van der Waals surface area contributed by atoms with Gasteiger partial charge in [0.2, 0.25) is 5.75 Å². The molecule has 3 N–H and O–H groups in total. The Morgan fingerprint density at radius 1 is 1.44 bits per heavy atom. The van der Waals surface area contributed by atoms with Crippen molar-refractivity contribution in [1.29, 1.82) is 0 Å². The van der Waals surface area contributed by atoms with Crippen molar-refractivity contribution in [2.45, 2.75) is 19.4 Å². The average molecular weight is 246 g/mol. The minimum atomic E-state index is -0.0958.